The molecule has 0 aliphatic carbocycles. The van der Waals surface area contributed by atoms with E-state index in [9.17, 15) is 9.90 Å². The van der Waals surface area contributed by atoms with Gasteiger partial charge in [-0.05, 0) is 31.6 Å². The summed E-state index contributed by atoms with van der Waals surface area (Å²) >= 11 is 4.12. The molecule has 17 heavy (non-hydrogen) atoms. The fourth-order valence-electron chi connectivity index (χ4n) is 1.54. The Morgan fingerprint density at radius 2 is 2.12 bits per heavy atom. The van der Waals surface area contributed by atoms with Crippen LogP contribution >= 0.6 is 12.6 Å². The van der Waals surface area contributed by atoms with Gasteiger partial charge in [0.15, 0.2) is 0 Å². The zero-order valence-electron chi connectivity index (χ0n) is 11.0. The van der Waals surface area contributed by atoms with Crippen molar-refractivity contribution in [1.29, 1.82) is 0 Å². The number of hydrogen-bond acceptors (Lipinski definition) is 4. The van der Waals surface area contributed by atoms with Gasteiger partial charge in [-0.25, -0.2) is 4.79 Å². The van der Waals surface area contributed by atoms with Gasteiger partial charge in [-0.3, -0.25) is 0 Å². The first-order valence-corrected chi connectivity index (χ1v) is 6.77. The van der Waals surface area contributed by atoms with E-state index >= 15 is 0 Å². The predicted octanol–water partition coefficient (Wildman–Crippen LogP) is 2.45. The molecule has 4 heteroatoms. The summed E-state index contributed by atoms with van der Waals surface area (Å²) in [5, 5.41) is 9.18. The number of aliphatic hydroxyl groups excluding tert-OH is 1. The number of carbonyl (C=O) groups excluding carboxylic acids is 1. The van der Waals surface area contributed by atoms with Gasteiger partial charge in [0.05, 0.1) is 6.61 Å². The smallest absolute Gasteiger partial charge is 0.334 e. The minimum atomic E-state index is -0.285. The number of carbonyl (C=O) groups is 1. The number of rotatable bonds is 8. The molecule has 100 valence electrons. The van der Waals surface area contributed by atoms with Crippen LogP contribution in [0, 0.1) is 11.8 Å². The van der Waals surface area contributed by atoms with Gasteiger partial charge < -0.3 is 9.84 Å². The molecule has 0 rings (SSSR count). The molecular weight excluding hydrogens is 236 g/mol. The number of aliphatic hydroxyl groups is 1. The van der Waals surface area contributed by atoms with Crippen LogP contribution in [-0.4, -0.2) is 30.0 Å². The highest BCUT2D eigenvalue weighted by atomic mass is 32.1. The van der Waals surface area contributed by atoms with Gasteiger partial charge in [0.2, 0.25) is 0 Å². The first-order valence-electron chi connectivity index (χ1n) is 6.14. The van der Waals surface area contributed by atoms with E-state index in [-0.39, 0.29) is 18.5 Å². The summed E-state index contributed by atoms with van der Waals surface area (Å²) < 4.78 is 4.92. The molecule has 0 amide bonds. The average Bonchev–Trinajstić information content (AvgIpc) is 2.29. The molecule has 1 N–H and O–H groups in total. The summed E-state index contributed by atoms with van der Waals surface area (Å²) in [4.78, 5) is 11.5. The predicted molar refractivity (Wildman–Crippen MR) is 73.2 cm³/mol. The standard InChI is InChI=1S/C13H24O3S/c1-4-16-13(15)12(9-17)7-5-6-11(8-14)10(2)3/h7,10-11,14,17H,4-6,8-9H2,1-3H3/b12-7+. The van der Waals surface area contributed by atoms with Crippen molar-refractivity contribution in [3.05, 3.63) is 11.6 Å². The molecule has 0 bridgehead atoms. The van der Waals surface area contributed by atoms with Gasteiger partial charge in [-0.2, -0.15) is 12.6 Å². The molecular formula is C13H24O3S. The Hall–Kier alpha value is -0.480. The molecule has 1 atom stereocenters. The third-order valence-corrected chi connectivity index (χ3v) is 3.15. The molecule has 0 aromatic carbocycles. The van der Waals surface area contributed by atoms with Crippen LogP contribution in [0.25, 0.3) is 0 Å². The van der Waals surface area contributed by atoms with Crippen LogP contribution in [0.4, 0.5) is 0 Å². The van der Waals surface area contributed by atoms with Gasteiger partial charge in [0.1, 0.15) is 0 Å². The van der Waals surface area contributed by atoms with Crippen molar-refractivity contribution >= 4 is 18.6 Å². The van der Waals surface area contributed by atoms with Crippen LogP contribution in [0.3, 0.4) is 0 Å². The molecule has 1 unspecified atom stereocenters. The summed E-state index contributed by atoms with van der Waals surface area (Å²) in [5.74, 6) is 0.849. The highest BCUT2D eigenvalue weighted by molar-refractivity contribution is 7.80. The molecule has 0 aliphatic heterocycles. The van der Waals surface area contributed by atoms with E-state index in [4.69, 9.17) is 4.74 Å². The van der Waals surface area contributed by atoms with E-state index in [0.29, 0.717) is 23.9 Å². The van der Waals surface area contributed by atoms with Gasteiger partial charge in [-0.15, -0.1) is 0 Å². The molecule has 3 nitrogen and oxygen atoms in total. The fourth-order valence-corrected chi connectivity index (χ4v) is 1.80. The SMILES string of the molecule is CCOC(=O)/C(=C/CCC(CO)C(C)C)CS. The van der Waals surface area contributed by atoms with Crippen LogP contribution in [0.5, 0.6) is 0 Å². The number of ether oxygens (including phenoxy) is 1. The van der Waals surface area contributed by atoms with Crippen molar-refractivity contribution in [1.82, 2.24) is 0 Å². The molecule has 0 radical (unpaired) electrons. The quantitative estimate of drug-likeness (QED) is 0.400. The van der Waals surface area contributed by atoms with Crippen molar-refractivity contribution in [3.8, 4) is 0 Å². The van der Waals surface area contributed by atoms with Crippen LogP contribution in [-0.2, 0) is 9.53 Å². The van der Waals surface area contributed by atoms with Crippen LogP contribution in [0.2, 0.25) is 0 Å². The second-order valence-corrected chi connectivity index (χ2v) is 4.69. The van der Waals surface area contributed by atoms with Gasteiger partial charge in [0, 0.05) is 17.9 Å². The average molecular weight is 260 g/mol. The third kappa shape index (κ3) is 6.74. The first-order chi connectivity index (χ1) is 8.06. The Labute approximate surface area is 110 Å². The zero-order chi connectivity index (χ0) is 13.3. The van der Waals surface area contributed by atoms with E-state index in [1.54, 1.807) is 6.92 Å². The monoisotopic (exact) mass is 260 g/mol. The Bertz CT molecular complexity index is 249. The van der Waals surface area contributed by atoms with E-state index in [1.165, 1.54) is 0 Å². The number of allylic oxidation sites excluding steroid dienone is 1. The minimum Gasteiger partial charge on any atom is -0.463 e. The lowest BCUT2D eigenvalue weighted by Gasteiger charge is -2.17. The van der Waals surface area contributed by atoms with Crippen LogP contribution in [0.1, 0.15) is 33.6 Å². The Morgan fingerprint density at radius 1 is 1.47 bits per heavy atom. The van der Waals surface area contributed by atoms with Gasteiger partial charge in [-0.1, -0.05) is 19.9 Å². The maximum absolute atomic E-state index is 11.5. The highest BCUT2D eigenvalue weighted by Gasteiger charge is 2.12. The third-order valence-electron chi connectivity index (χ3n) is 2.81. The molecule has 0 aromatic rings. The lowest BCUT2D eigenvalue weighted by molar-refractivity contribution is -0.138. The summed E-state index contributed by atoms with van der Waals surface area (Å²) in [6.45, 7) is 6.55. The topological polar surface area (TPSA) is 46.5 Å². The summed E-state index contributed by atoms with van der Waals surface area (Å²) in [6.07, 6.45) is 3.53. The second-order valence-electron chi connectivity index (χ2n) is 4.37. The van der Waals surface area contributed by atoms with E-state index in [2.05, 4.69) is 26.5 Å². The van der Waals surface area contributed by atoms with E-state index in [1.807, 2.05) is 6.08 Å². The van der Waals surface area contributed by atoms with Crippen LogP contribution < -0.4 is 0 Å². The fraction of sp³-hybridized carbons (Fsp3) is 0.769. The van der Waals surface area contributed by atoms with E-state index in [0.717, 1.165) is 12.8 Å². The highest BCUT2D eigenvalue weighted by Crippen LogP contribution is 2.17. The molecule has 0 fully saturated rings. The maximum atomic E-state index is 11.5. The number of thiol groups is 1. The Morgan fingerprint density at radius 3 is 2.53 bits per heavy atom. The summed E-state index contributed by atoms with van der Waals surface area (Å²) in [6, 6.07) is 0. The van der Waals surface area contributed by atoms with Crippen molar-refractivity contribution in [2.75, 3.05) is 19.0 Å². The number of esters is 1. The summed E-state index contributed by atoms with van der Waals surface area (Å²) in [5.41, 5.74) is 0.607. The normalized spacial score (nSPS) is 13.9. The lowest BCUT2D eigenvalue weighted by Crippen LogP contribution is -2.13. The van der Waals surface area contributed by atoms with Gasteiger partial charge >= 0.3 is 5.97 Å². The second kappa shape index (κ2) is 9.54. The molecule has 0 saturated heterocycles. The largest absolute Gasteiger partial charge is 0.463 e. The van der Waals surface area contributed by atoms with Crippen molar-refractivity contribution < 1.29 is 14.6 Å². The Kier molecular flexibility index (Phi) is 9.27. The van der Waals surface area contributed by atoms with Gasteiger partial charge in [0.25, 0.3) is 0 Å². The van der Waals surface area contributed by atoms with Crippen molar-refractivity contribution in [2.24, 2.45) is 11.8 Å². The lowest BCUT2D eigenvalue weighted by atomic mass is 9.92. The van der Waals surface area contributed by atoms with Crippen LogP contribution in [0.15, 0.2) is 11.6 Å². The maximum Gasteiger partial charge on any atom is 0.334 e. The van der Waals surface area contributed by atoms with Crippen molar-refractivity contribution in [2.45, 2.75) is 33.6 Å². The molecule has 0 heterocycles. The molecule has 0 spiro atoms. The number of hydrogen-bond donors (Lipinski definition) is 2. The zero-order valence-corrected chi connectivity index (χ0v) is 11.9. The summed E-state index contributed by atoms with van der Waals surface area (Å²) in [7, 11) is 0. The molecule has 0 aromatic heterocycles. The first kappa shape index (κ1) is 16.5. The Balaban J connectivity index is 4.23. The molecule has 0 saturated carbocycles. The van der Waals surface area contributed by atoms with E-state index < -0.39 is 0 Å². The van der Waals surface area contributed by atoms with Crippen molar-refractivity contribution in [3.63, 3.8) is 0 Å². The molecule has 0 aliphatic rings. The minimum absolute atomic E-state index is 0.196.